The van der Waals surface area contributed by atoms with Crippen molar-refractivity contribution in [2.45, 2.75) is 27.2 Å². The number of allylic oxidation sites excluding steroid dienone is 1. The van der Waals surface area contributed by atoms with Crippen LogP contribution >= 0.6 is 0 Å². The number of esters is 1. The van der Waals surface area contributed by atoms with Crippen LogP contribution in [0.4, 0.5) is 0 Å². The molecule has 4 aromatic rings. The Labute approximate surface area is 195 Å². The lowest BCUT2D eigenvalue weighted by Gasteiger charge is -2.15. The predicted octanol–water partition coefficient (Wildman–Crippen LogP) is 7.42. The third kappa shape index (κ3) is 5.15. The third-order valence-corrected chi connectivity index (χ3v) is 5.72. The summed E-state index contributed by atoms with van der Waals surface area (Å²) in [5.41, 5.74) is 9.28. The molecular formula is C30H29NO2. The van der Waals surface area contributed by atoms with Gasteiger partial charge in [0.2, 0.25) is 0 Å². The van der Waals surface area contributed by atoms with Gasteiger partial charge >= 0.3 is 5.97 Å². The molecule has 1 N–H and O–H groups in total. The Morgan fingerprint density at radius 1 is 0.909 bits per heavy atom. The topological polar surface area (TPSA) is 42.1 Å². The summed E-state index contributed by atoms with van der Waals surface area (Å²) in [5.74, 6) is -0.326. The summed E-state index contributed by atoms with van der Waals surface area (Å²) in [7, 11) is 0. The van der Waals surface area contributed by atoms with Crippen LogP contribution < -0.4 is 0 Å². The number of hydrogen-bond acceptors (Lipinski definition) is 2. The van der Waals surface area contributed by atoms with E-state index >= 15 is 0 Å². The number of para-hydroxylation sites is 1. The van der Waals surface area contributed by atoms with Crippen LogP contribution in [-0.4, -0.2) is 17.6 Å². The van der Waals surface area contributed by atoms with Crippen LogP contribution in [-0.2, 0) is 9.53 Å². The van der Waals surface area contributed by atoms with Crippen LogP contribution in [0.25, 0.3) is 28.1 Å². The molecule has 0 bridgehead atoms. The molecule has 4 rings (SSSR count). The van der Waals surface area contributed by atoms with Crippen LogP contribution in [0.15, 0.2) is 84.9 Å². The molecule has 0 saturated carbocycles. The second-order valence-corrected chi connectivity index (χ2v) is 8.05. The fraction of sp³-hybridized carbons (Fsp3) is 0.167. The van der Waals surface area contributed by atoms with Crippen molar-refractivity contribution in [1.29, 1.82) is 0 Å². The second-order valence-electron chi connectivity index (χ2n) is 8.05. The van der Waals surface area contributed by atoms with Gasteiger partial charge in [-0.25, -0.2) is 4.79 Å². The van der Waals surface area contributed by atoms with Gasteiger partial charge in [0.25, 0.3) is 0 Å². The van der Waals surface area contributed by atoms with Gasteiger partial charge in [0.05, 0.1) is 6.61 Å². The first-order valence-corrected chi connectivity index (χ1v) is 11.4. The number of aryl methyl sites for hydroxylation is 1. The standard InChI is InChI=1S/C30H29NO2/c1-4-26(24-11-8-9-21(3)19-24)30(28-20-25-10-6-7-12-27(25)31-28)23-16-13-22(14-17-23)15-18-29(32)33-5-2/h6-20,31H,4-5H2,1-3H3/b18-15+,30-26+. The van der Waals surface area contributed by atoms with E-state index in [0.717, 1.165) is 28.8 Å². The zero-order chi connectivity index (χ0) is 23.2. The average molecular weight is 436 g/mol. The Hall–Kier alpha value is -3.85. The highest BCUT2D eigenvalue weighted by atomic mass is 16.5. The van der Waals surface area contributed by atoms with Crippen molar-refractivity contribution in [2.75, 3.05) is 6.61 Å². The lowest BCUT2D eigenvalue weighted by molar-refractivity contribution is -0.137. The van der Waals surface area contributed by atoms with Crippen molar-refractivity contribution in [3.05, 3.63) is 113 Å². The first-order valence-electron chi connectivity index (χ1n) is 11.4. The monoisotopic (exact) mass is 435 g/mol. The Kier molecular flexibility index (Phi) is 6.89. The van der Waals surface area contributed by atoms with Crippen molar-refractivity contribution < 1.29 is 9.53 Å². The van der Waals surface area contributed by atoms with E-state index in [1.807, 2.05) is 12.1 Å². The molecule has 1 heterocycles. The predicted molar refractivity (Wildman–Crippen MR) is 138 cm³/mol. The summed E-state index contributed by atoms with van der Waals surface area (Å²) in [5, 5.41) is 1.19. The SMILES string of the molecule is CCOC(=O)/C=C/c1ccc(/C(=C(/CC)c2cccc(C)c2)c2cc3ccccc3[nH]2)cc1. The lowest BCUT2D eigenvalue weighted by Crippen LogP contribution is -1.98. The molecule has 3 aromatic carbocycles. The Morgan fingerprint density at radius 2 is 1.70 bits per heavy atom. The zero-order valence-corrected chi connectivity index (χ0v) is 19.4. The highest BCUT2D eigenvalue weighted by molar-refractivity contribution is 6.00. The van der Waals surface area contributed by atoms with Crippen LogP contribution in [0.2, 0.25) is 0 Å². The second kappa shape index (κ2) is 10.2. The number of nitrogens with one attached hydrogen (secondary N) is 1. The van der Waals surface area contributed by atoms with Crippen molar-refractivity contribution in [3.63, 3.8) is 0 Å². The molecule has 0 saturated heterocycles. The minimum atomic E-state index is -0.326. The summed E-state index contributed by atoms with van der Waals surface area (Å²) in [6.45, 7) is 6.51. The zero-order valence-electron chi connectivity index (χ0n) is 19.4. The molecule has 3 nitrogen and oxygen atoms in total. The lowest BCUT2D eigenvalue weighted by atomic mass is 9.90. The molecule has 0 aliphatic heterocycles. The maximum absolute atomic E-state index is 11.7. The van der Waals surface area contributed by atoms with E-state index in [-0.39, 0.29) is 5.97 Å². The molecule has 3 heteroatoms. The third-order valence-electron chi connectivity index (χ3n) is 5.72. The van der Waals surface area contributed by atoms with Gasteiger partial charge in [0.1, 0.15) is 0 Å². The normalized spacial score (nSPS) is 12.2. The van der Waals surface area contributed by atoms with Crippen molar-refractivity contribution in [1.82, 2.24) is 4.98 Å². The number of H-pyrrole nitrogens is 1. The molecule has 0 spiro atoms. The minimum absolute atomic E-state index is 0.326. The summed E-state index contributed by atoms with van der Waals surface area (Å²) >= 11 is 0. The number of benzene rings is 3. The summed E-state index contributed by atoms with van der Waals surface area (Å²) in [6.07, 6.45) is 4.16. The van der Waals surface area contributed by atoms with Crippen molar-refractivity contribution in [3.8, 4) is 0 Å². The number of ether oxygens (including phenoxy) is 1. The minimum Gasteiger partial charge on any atom is -0.463 e. The first kappa shape index (κ1) is 22.3. The first-order chi connectivity index (χ1) is 16.1. The Balaban J connectivity index is 1.83. The van der Waals surface area contributed by atoms with E-state index in [1.54, 1.807) is 13.0 Å². The maximum atomic E-state index is 11.7. The Bertz CT molecular complexity index is 1290. The van der Waals surface area contributed by atoms with Crippen LogP contribution in [0.5, 0.6) is 0 Å². The van der Waals surface area contributed by atoms with E-state index in [1.165, 1.54) is 33.7 Å². The number of rotatable bonds is 7. The molecule has 0 aliphatic carbocycles. The highest BCUT2D eigenvalue weighted by Gasteiger charge is 2.15. The van der Waals surface area contributed by atoms with Crippen molar-refractivity contribution in [2.24, 2.45) is 0 Å². The van der Waals surface area contributed by atoms with Gasteiger partial charge in [0.15, 0.2) is 0 Å². The summed E-state index contributed by atoms with van der Waals surface area (Å²) in [6, 6.07) is 27.6. The smallest absolute Gasteiger partial charge is 0.330 e. The number of fused-ring (bicyclic) bond motifs is 1. The van der Waals surface area contributed by atoms with Crippen LogP contribution in [0, 0.1) is 6.92 Å². The molecule has 33 heavy (non-hydrogen) atoms. The summed E-state index contributed by atoms with van der Waals surface area (Å²) in [4.78, 5) is 15.3. The van der Waals surface area contributed by atoms with Gasteiger partial charge in [-0.15, -0.1) is 0 Å². The van der Waals surface area contributed by atoms with Gasteiger partial charge in [0, 0.05) is 28.2 Å². The van der Waals surface area contributed by atoms with Crippen LogP contribution in [0.1, 0.15) is 48.2 Å². The molecule has 0 unspecified atom stereocenters. The molecule has 0 aliphatic rings. The maximum Gasteiger partial charge on any atom is 0.330 e. The quantitative estimate of drug-likeness (QED) is 0.186. The van der Waals surface area contributed by atoms with Gasteiger partial charge in [-0.05, 0) is 60.7 Å². The fourth-order valence-corrected chi connectivity index (χ4v) is 4.17. The molecule has 0 fully saturated rings. The Morgan fingerprint density at radius 3 is 2.39 bits per heavy atom. The van der Waals surface area contributed by atoms with Crippen molar-refractivity contribution >= 4 is 34.1 Å². The van der Waals surface area contributed by atoms with E-state index in [2.05, 4.69) is 85.6 Å². The molecule has 0 amide bonds. The number of carbonyl (C=O) groups is 1. The van der Waals surface area contributed by atoms with Gasteiger partial charge in [-0.2, -0.15) is 0 Å². The van der Waals surface area contributed by atoms with E-state index in [4.69, 9.17) is 4.74 Å². The van der Waals surface area contributed by atoms with Gasteiger partial charge < -0.3 is 9.72 Å². The van der Waals surface area contributed by atoms with Gasteiger partial charge in [-0.3, -0.25) is 0 Å². The highest BCUT2D eigenvalue weighted by Crippen LogP contribution is 2.35. The molecule has 1 aromatic heterocycles. The number of hydrogen-bond donors (Lipinski definition) is 1. The van der Waals surface area contributed by atoms with Crippen LogP contribution in [0.3, 0.4) is 0 Å². The van der Waals surface area contributed by atoms with E-state index < -0.39 is 0 Å². The largest absolute Gasteiger partial charge is 0.463 e. The number of aromatic amines is 1. The van der Waals surface area contributed by atoms with E-state index in [0.29, 0.717) is 6.61 Å². The molecule has 0 radical (unpaired) electrons. The van der Waals surface area contributed by atoms with E-state index in [9.17, 15) is 4.79 Å². The number of aromatic nitrogens is 1. The fourth-order valence-electron chi connectivity index (χ4n) is 4.17. The average Bonchev–Trinajstić information content (AvgIpc) is 3.25. The number of carbonyl (C=O) groups excluding carboxylic acids is 1. The molecular weight excluding hydrogens is 406 g/mol. The molecule has 0 atom stereocenters. The summed E-state index contributed by atoms with van der Waals surface area (Å²) < 4.78 is 4.98. The molecule has 166 valence electrons. The van der Waals surface area contributed by atoms with Gasteiger partial charge in [-0.1, -0.05) is 79.2 Å².